The largest absolute Gasteiger partial charge is 0.310 e. The third-order valence-electron chi connectivity index (χ3n) is 2.95. The minimum atomic E-state index is 0.219. The van der Waals surface area contributed by atoms with E-state index >= 15 is 0 Å². The summed E-state index contributed by atoms with van der Waals surface area (Å²) in [5, 5.41) is 7.97. The average molecular weight is 209 g/mol. The summed E-state index contributed by atoms with van der Waals surface area (Å²) < 4.78 is 2.02. The molecule has 0 fully saturated rings. The van der Waals surface area contributed by atoms with Crippen LogP contribution in [0.1, 0.15) is 45.9 Å². The van der Waals surface area contributed by atoms with E-state index in [1.54, 1.807) is 0 Å². The molecule has 0 bridgehead atoms. The van der Waals surface area contributed by atoms with Crippen molar-refractivity contribution in [3.8, 4) is 0 Å². The lowest BCUT2D eigenvalue weighted by Gasteiger charge is -2.26. The van der Waals surface area contributed by atoms with Gasteiger partial charge in [0.2, 0.25) is 0 Å². The SMILES string of the molecule is CCC(C)(C)NCC(C)n1ccc(C)n1. The number of hydrogen-bond donors (Lipinski definition) is 1. The molecule has 0 spiro atoms. The van der Waals surface area contributed by atoms with Crippen LogP contribution in [0.15, 0.2) is 12.3 Å². The molecule has 1 atom stereocenters. The fourth-order valence-electron chi connectivity index (χ4n) is 1.32. The van der Waals surface area contributed by atoms with Crippen molar-refractivity contribution in [2.75, 3.05) is 6.54 Å². The van der Waals surface area contributed by atoms with Crippen molar-refractivity contribution in [3.63, 3.8) is 0 Å². The Labute approximate surface area is 92.9 Å². The quantitative estimate of drug-likeness (QED) is 0.807. The van der Waals surface area contributed by atoms with Crippen molar-refractivity contribution in [3.05, 3.63) is 18.0 Å². The molecule has 3 nitrogen and oxygen atoms in total. The first kappa shape index (κ1) is 12.2. The summed E-state index contributed by atoms with van der Waals surface area (Å²) in [4.78, 5) is 0. The molecule has 0 aliphatic carbocycles. The second-order valence-corrected chi connectivity index (χ2v) is 4.90. The lowest BCUT2D eigenvalue weighted by molar-refractivity contribution is 0.335. The first-order valence-electron chi connectivity index (χ1n) is 5.71. The Morgan fingerprint density at radius 3 is 2.67 bits per heavy atom. The van der Waals surface area contributed by atoms with Crippen molar-refractivity contribution < 1.29 is 0 Å². The van der Waals surface area contributed by atoms with E-state index in [-0.39, 0.29) is 5.54 Å². The molecule has 1 unspecified atom stereocenters. The molecular weight excluding hydrogens is 186 g/mol. The van der Waals surface area contributed by atoms with Gasteiger partial charge in [-0.1, -0.05) is 6.92 Å². The minimum Gasteiger partial charge on any atom is -0.310 e. The third-order valence-corrected chi connectivity index (χ3v) is 2.95. The number of nitrogens with zero attached hydrogens (tertiary/aromatic N) is 2. The van der Waals surface area contributed by atoms with Crippen LogP contribution < -0.4 is 5.32 Å². The zero-order valence-corrected chi connectivity index (χ0v) is 10.5. The van der Waals surface area contributed by atoms with Crippen molar-refractivity contribution >= 4 is 0 Å². The molecule has 0 aliphatic rings. The standard InChI is InChI=1S/C12H23N3/c1-6-12(4,5)13-9-11(3)15-8-7-10(2)14-15/h7-8,11,13H,6,9H2,1-5H3. The van der Waals surface area contributed by atoms with E-state index in [9.17, 15) is 0 Å². The average Bonchev–Trinajstić information content (AvgIpc) is 2.61. The van der Waals surface area contributed by atoms with Gasteiger partial charge in [-0.05, 0) is 40.2 Å². The first-order valence-corrected chi connectivity index (χ1v) is 5.71. The molecule has 0 radical (unpaired) electrons. The van der Waals surface area contributed by atoms with Crippen LogP contribution in [-0.4, -0.2) is 21.9 Å². The molecule has 1 heterocycles. The molecule has 86 valence electrons. The van der Waals surface area contributed by atoms with Gasteiger partial charge in [0.15, 0.2) is 0 Å². The van der Waals surface area contributed by atoms with Crippen LogP contribution in [0.2, 0.25) is 0 Å². The van der Waals surface area contributed by atoms with Crippen LogP contribution in [0.5, 0.6) is 0 Å². The van der Waals surface area contributed by atoms with Gasteiger partial charge in [-0.2, -0.15) is 5.10 Å². The van der Waals surface area contributed by atoms with E-state index in [4.69, 9.17) is 0 Å². The predicted octanol–water partition coefficient (Wildman–Crippen LogP) is 2.53. The van der Waals surface area contributed by atoms with Crippen LogP contribution in [-0.2, 0) is 0 Å². The van der Waals surface area contributed by atoms with Crippen LogP contribution >= 0.6 is 0 Å². The minimum absolute atomic E-state index is 0.219. The zero-order chi connectivity index (χ0) is 11.5. The fourth-order valence-corrected chi connectivity index (χ4v) is 1.32. The van der Waals surface area contributed by atoms with E-state index in [0.29, 0.717) is 6.04 Å². The van der Waals surface area contributed by atoms with Crippen molar-refractivity contribution in [1.82, 2.24) is 15.1 Å². The molecule has 15 heavy (non-hydrogen) atoms. The molecule has 0 saturated heterocycles. The van der Waals surface area contributed by atoms with Gasteiger partial charge >= 0.3 is 0 Å². The second kappa shape index (κ2) is 4.79. The number of rotatable bonds is 5. The molecule has 1 aromatic heterocycles. The number of aromatic nitrogens is 2. The molecule has 0 aliphatic heterocycles. The number of aryl methyl sites for hydroxylation is 1. The first-order chi connectivity index (χ1) is 6.94. The van der Waals surface area contributed by atoms with E-state index in [1.807, 2.05) is 23.9 Å². The Morgan fingerprint density at radius 2 is 2.20 bits per heavy atom. The molecule has 0 saturated carbocycles. The molecule has 3 heteroatoms. The highest BCUT2D eigenvalue weighted by molar-refractivity contribution is 4.96. The summed E-state index contributed by atoms with van der Waals surface area (Å²) in [5.41, 5.74) is 1.30. The Bertz CT molecular complexity index is 302. The lowest BCUT2D eigenvalue weighted by Crippen LogP contribution is -2.41. The highest BCUT2D eigenvalue weighted by atomic mass is 15.3. The van der Waals surface area contributed by atoms with Crippen LogP contribution in [0.3, 0.4) is 0 Å². The molecule has 1 N–H and O–H groups in total. The molecular formula is C12H23N3. The Kier molecular flexibility index (Phi) is 3.91. The molecule has 0 aromatic carbocycles. The van der Waals surface area contributed by atoms with E-state index in [2.05, 4.69) is 38.1 Å². The fraction of sp³-hybridized carbons (Fsp3) is 0.750. The molecule has 0 amide bonds. The maximum atomic E-state index is 4.41. The van der Waals surface area contributed by atoms with E-state index < -0.39 is 0 Å². The smallest absolute Gasteiger partial charge is 0.0615 e. The molecule has 1 aromatic rings. The van der Waals surface area contributed by atoms with Crippen molar-refractivity contribution in [2.45, 2.75) is 52.6 Å². The van der Waals surface area contributed by atoms with Crippen LogP contribution in [0.25, 0.3) is 0 Å². The highest BCUT2D eigenvalue weighted by Crippen LogP contribution is 2.10. The highest BCUT2D eigenvalue weighted by Gasteiger charge is 2.15. The monoisotopic (exact) mass is 209 g/mol. The van der Waals surface area contributed by atoms with Gasteiger partial charge in [0.05, 0.1) is 11.7 Å². The maximum absolute atomic E-state index is 4.41. The summed E-state index contributed by atoms with van der Waals surface area (Å²) in [6.07, 6.45) is 3.18. The van der Waals surface area contributed by atoms with Gasteiger partial charge in [0.1, 0.15) is 0 Å². The van der Waals surface area contributed by atoms with Gasteiger partial charge in [0.25, 0.3) is 0 Å². The topological polar surface area (TPSA) is 29.9 Å². The Balaban J connectivity index is 2.46. The molecule has 1 rings (SSSR count). The maximum Gasteiger partial charge on any atom is 0.0615 e. The lowest BCUT2D eigenvalue weighted by atomic mass is 10.0. The summed E-state index contributed by atoms with van der Waals surface area (Å²) in [7, 11) is 0. The van der Waals surface area contributed by atoms with E-state index in [1.165, 1.54) is 0 Å². The Hall–Kier alpha value is -0.830. The van der Waals surface area contributed by atoms with Crippen LogP contribution in [0.4, 0.5) is 0 Å². The normalized spacial score (nSPS) is 14.2. The number of nitrogens with one attached hydrogen (secondary N) is 1. The predicted molar refractivity (Wildman–Crippen MR) is 64.0 cm³/mol. The van der Waals surface area contributed by atoms with Gasteiger partial charge in [-0.15, -0.1) is 0 Å². The van der Waals surface area contributed by atoms with Crippen molar-refractivity contribution in [1.29, 1.82) is 0 Å². The number of hydrogen-bond acceptors (Lipinski definition) is 2. The Morgan fingerprint density at radius 1 is 1.53 bits per heavy atom. The summed E-state index contributed by atoms with van der Waals surface area (Å²) in [6.45, 7) is 11.8. The summed E-state index contributed by atoms with van der Waals surface area (Å²) in [5.74, 6) is 0. The van der Waals surface area contributed by atoms with Gasteiger partial charge in [0, 0.05) is 18.3 Å². The van der Waals surface area contributed by atoms with Gasteiger partial charge < -0.3 is 5.32 Å². The van der Waals surface area contributed by atoms with Crippen molar-refractivity contribution in [2.24, 2.45) is 0 Å². The van der Waals surface area contributed by atoms with Gasteiger partial charge in [-0.25, -0.2) is 0 Å². The summed E-state index contributed by atoms with van der Waals surface area (Å²) >= 11 is 0. The van der Waals surface area contributed by atoms with Crippen LogP contribution in [0, 0.1) is 6.92 Å². The zero-order valence-electron chi connectivity index (χ0n) is 10.5. The van der Waals surface area contributed by atoms with Gasteiger partial charge in [-0.3, -0.25) is 4.68 Å². The third kappa shape index (κ3) is 3.67. The second-order valence-electron chi connectivity index (χ2n) is 4.90. The summed E-state index contributed by atoms with van der Waals surface area (Å²) in [6, 6.07) is 2.45. The van der Waals surface area contributed by atoms with E-state index in [0.717, 1.165) is 18.7 Å².